The molecule has 0 radical (unpaired) electrons. The van der Waals surface area contributed by atoms with E-state index in [4.69, 9.17) is 23.7 Å². The molecule has 9 heteroatoms. The molecule has 0 saturated carbocycles. The van der Waals surface area contributed by atoms with Crippen molar-refractivity contribution in [3.63, 3.8) is 0 Å². The van der Waals surface area contributed by atoms with Gasteiger partial charge < -0.3 is 23.7 Å². The third kappa shape index (κ3) is 8.61. The lowest BCUT2D eigenvalue weighted by Gasteiger charge is -2.11. The quantitative estimate of drug-likeness (QED) is 0.0748. The molecule has 0 bridgehead atoms. The van der Waals surface area contributed by atoms with Crippen LogP contribution in [0.5, 0.6) is 11.5 Å². The number of carbonyl (C=O) groups excluding carboxylic acids is 3. The Balaban J connectivity index is 1.27. The molecule has 0 aromatic heterocycles. The number of hydrogen-bond donors (Lipinski definition) is 0. The molecule has 230 valence electrons. The minimum Gasteiger partial charge on any atom is -0.494 e. The number of fused-ring (bicyclic) bond motifs is 3. The first-order chi connectivity index (χ1) is 21.3. The maximum Gasteiger partial charge on any atom is 0.335 e. The summed E-state index contributed by atoms with van der Waals surface area (Å²) in [5.74, 6) is 0.597. The van der Waals surface area contributed by atoms with Crippen LogP contribution in [0.3, 0.4) is 0 Å². The van der Waals surface area contributed by atoms with Gasteiger partial charge in [0, 0.05) is 29.6 Å². The van der Waals surface area contributed by atoms with Gasteiger partial charge in [0.25, 0.3) is 0 Å². The number of rotatable bonds is 16. The molecular formula is C35H36O8S. The van der Waals surface area contributed by atoms with Gasteiger partial charge in [-0.1, -0.05) is 32.2 Å². The molecule has 0 N–H and O–H groups in total. The van der Waals surface area contributed by atoms with Crippen molar-refractivity contribution in [1.29, 1.82) is 0 Å². The van der Waals surface area contributed by atoms with Crippen LogP contribution >= 0.6 is 11.8 Å². The third-order valence-corrected chi connectivity index (χ3v) is 7.89. The maximum atomic E-state index is 13.0. The van der Waals surface area contributed by atoms with Gasteiger partial charge in [0.15, 0.2) is 0 Å². The van der Waals surface area contributed by atoms with Crippen molar-refractivity contribution >= 4 is 28.8 Å². The second-order valence-corrected chi connectivity index (χ2v) is 11.1. The van der Waals surface area contributed by atoms with Crippen LogP contribution in [0.4, 0.5) is 0 Å². The Bertz CT molecular complexity index is 1510. The first-order valence-electron chi connectivity index (χ1n) is 14.3. The van der Waals surface area contributed by atoms with Crippen molar-refractivity contribution < 1.29 is 38.1 Å². The smallest absolute Gasteiger partial charge is 0.335 e. The molecule has 1 aliphatic rings. The molecule has 8 nitrogen and oxygen atoms in total. The summed E-state index contributed by atoms with van der Waals surface area (Å²) in [6.45, 7) is 10.4. The predicted octanol–water partition coefficient (Wildman–Crippen LogP) is 6.76. The van der Waals surface area contributed by atoms with Crippen molar-refractivity contribution in [3.05, 3.63) is 102 Å². The molecule has 0 heterocycles. The molecule has 0 spiro atoms. The predicted molar refractivity (Wildman–Crippen MR) is 169 cm³/mol. The fourth-order valence-corrected chi connectivity index (χ4v) is 5.51. The number of unbranched alkanes of at least 4 members (excludes halogenated alkanes) is 1. The largest absolute Gasteiger partial charge is 0.494 e. The van der Waals surface area contributed by atoms with Crippen LogP contribution in [0, 0.1) is 0 Å². The Morgan fingerprint density at radius 3 is 2.20 bits per heavy atom. The lowest BCUT2D eigenvalue weighted by atomic mass is 9.99. The Morgan fingerprint density at radius 1 is 0.818 bits per heavy atom. The molecule has 3 aromatic rings. The van der Waals surface area contributed by atoms with Crippen LogP contribution in [0.25, 0.3) is 11.1 Å². The average Bonchev–Trinajstić information content (AvgIpc) is 3.31. The van der Waals surface area contributed by atoms with Gasteiger partial charge in [-0.25, -0.2) is 9.59 Å². The minimum atomic E-state index is -0.498. The molecule has 0 amide bonds. The molecule has 3 aromatic carbocycles. The third-order valence-electron chi connectivity index (χ3n) is 6.98. The normalized spacial score (nSPS) is 12.9. The van der Waals surface area contributed by atoms with Crippen molar-refractivity contribution in [1.82, 2.24) is 0 Å². The first kappa shape index (κ1) is 32.6. The van der Waals surface area contributed by atoms with Crippen molar-refractivity contribution in [2.24, 2.45) is 0 Å². The summed E-state index contributed by atoms with van der Waals surface area (Å²) in [6, 6.07) is 19.2. The van der Waals surface area contributed by atoms with E-state index in [9.17, 15) is 14.4 Å². The molecule has 44 heavy (non-hydrogen) atoms. The lowest BCUT2D eigenvalue weighted by molar-refractivity contribution is -0.140. The zero-order valence-corrected chi connectivity index (χ0v) is 25.8. The number of ether oxygens (including phenoxy) is 5. The van der Waals surface area contributed by atoms with Crippen LogP contribution < -0.4 is 9.47 Å². The topological polar surface area (TPSA) is 97.4 Å². The molecule has 1 aliphatic carbocycles. The number of methoxy groups -OCH3 is 1. The monoisotopic (exact) mass is 616 g/mol. The van der Waals surface area contributed by atoms with E-state index >= 15 is 0 Å². The Labute approximate surface area is 262 Å². The molecule has 1 atom stereocenters. The van der Waals surface area contributed by atoms with Crippen molar-refractivity contribution in [3.8, 4) is 22.6 Å². The Morgan fingerprint density at radius 2 is 1.48 bits per heavy atom. The number of carbonyl (C=O) groups is 3. The molecule has 4 rings (SSSR count). The molecule has 0 saturated heterocycles. The highest BCUT2D eigenvalue weighted by Crippen LogP contribution is 2.47. The highest BCUT2D eigenvalue weighted by atomic mass is 32.2. The van der Waals surface area contributed by atoms with Crippen LogP contribution in [0.2, 0.25) is 0 Å². The summed E-state index contributed by atoms with van der Waals surface area (Å²) in [6.07, 6.45) is 2.53. The van der Waals surface area contributed by atoms with Gasteiger partial charge in [0.2, 0.25) is 5.12 Å². The SMILES string of the molecule is C=CC(=O)OCCOc1ccc(C(=O)Sc2ccc3c(c2)C(C)c2cc(OCCCCOC(=O)C(=C)COC)ccc2-3)cc1. The Kier molecular flexibility index (Phi) is 11.8. The zero-order valence-electron chi connectivity index (χ0n) is 25.0. The first-order valence-corrected chi connectivity index (χ1v) is 15.1. The second-order valence-electron chi connectivity index (χ2n) is 10.1. The van der Waals surface area contributed by atoms with E-state index in [1.807, 2.05) is 12.1 Å². The van der Waals surface area contributed by atoms with E-state index in [0.717, 1.165) is 28.7 Å². The number of benzene rings is 3. The summed E-state index contributed by atoms with van der Waals surface area (Å²) in [7, 11) is 1.51. The van der Waals surface area contributed by atoms with E-state index in [1.165, 1.54) is 35.6 Å². The lowest BCUT2D eigenvalue weighted by Crippen LogP contribution is -2.12. The van der Waals surface area contributed by atoms with Crippen LogP contribution in [0.1, 0.15) is 47.2 Å². The van der Waals surface area contributed by atoms with Crippen LogP contribution in [-0.4, -0.2) is 57.2 Å². The Hall–Kier alpha value is -4.34. The summed E-state index contributed by atoms with van der Waals surface area (Å²) in [5.41, 5.74) is 5.55. The molecule has 0 fully saturated rings. The van der Waals surface area contributed by atoms with Gasteiger partial charge in [0.1, 0.15) is 24.7 Å². The molecule has 1 unspecified atom stereocenters. The minimum absolute atomic E-state index is 0.0649. The van der Waals surface area contributed by atoms with Crippen LogP contribution in [-0.2, 0) is 23.8 Å². The average molecular weight is 617 g/mol. The van der Waals surface area contributed by atoms with Crippen molar-refractivity contribution in [2.75, 3.05) is 40.1 Å². The highest BCUT2D eigenvalue weighted by Gasteiger charge is 2.26. The summed E-state index contributed by atoms with van der Waals surface area (Å²) in [4.78, 5) is 36.7. The van der Waals surface area contributed by atoms with Gasteiger partial charge >= 0.3 is 11.9 Å². The van der Waals surface area contributed by atoms with Gasteiger partial charge in [0.05, 0.1) is 25.4 Å². The number of hydrogen-bond acceptors (Lipinski definition) is 9. The van der Waals surface area contributed by atoms with E-state index in [-0.39, 0.29) is 30.9 Å². The van der Waals surface area contributed by atoms with Crippen molar-refractivity contribution in [2.45, 2.75) is 30.6 Å². The zero-order chi connectivity index (χ0) is 31.5. The summed E-state index contributed by atoms with van der Waals surface area (Å²) < 4.78 is 26.5. The summed E-state index contributed by atoms with van der Waals surface area (Å²) >= 11 is 1.19. The van der Waals surface area contributed by atoms with Gasteiger partial charge in [-0.2, -0.15) is 0 Å². The van der Waals surface area contributed by atoms with Crippen LogP contribution in [0.15, 0.2) is 90.4 Å². The highest BCUT2D eigenvalue weighted by molar-refractivity contribution is 8.14. The second kappa shape index (κ2) is 15.9. The fraction of sp³-hybridized carbons (Fsp3) is 0.286. The molecular weight excluding hydrogens is 580 g/mol. The van der Waals surface area contributed by atoms with E-state index in [2.05, 4.69) is 44.3 Å². The molecule has 0 aliphatic heterocycles. The maximum absolute atomic E-state index is 13.0. The van der Waals surface area contributed by atoms with Gasteiger partial charge in [-0.3, -0.25) is 4.79 Å². The summed E-state index contributed by atoms with van der Waals surface area (Å²) in [5, 5.41) is -0.0649. The van der Waals surface area contributed by atoms with E-state index in [1.54, 1.807) is 24.3 Å². The van der Waals surface area contributed by atoms with Gasteiger partial charge in [-0.15, -0.1) is 0 Å². The van der Waals surface area contributed by atoms with Gasteiger partial charge in [-0.05, 0) is 95.4 Å². The van der Waals surface area contributed by atoms with E-state index < -0.39 is 11.9 Å². The standard InChI is InChI=1S/C35H36O8S/c1-5-33(36)42-19-18-41-26-10-8-25(9-11-26)35(38)44-28-13-15-30-29-14-12-27(20-31(29)24(3)32(30)21-28)40-16-6-7-17-43-34(37)23(2)22-39-4/h5,8-15,20-21,24H,1-2,6-7,16-19,22H2,3-4H3. The fourth-order valence-electron chi connectivity index (χ4n) is 4.72. The number of thioether (sulfide) groups is 1. The van der Waals surface area contributed by atoms with E-state index in [0.29, 0.717) is 36.5 Å². The number of esters is 2.